The van der Waals surface area contributed by atoms with Crippen molar-refractivity contribution in [2.24, 2.45) is 39.8 Å². The Balaban J connectivity index is 3.13. The molecule has 0 saturated heterocycles. The zero-order chi connectivity index (χ0) is 35.7. The lowest BCUT2D eigenvalue weighted by Gasteiger charge is -2.27. The largest absolute Gasteiger partial charge is 0.564 e. The topological polar surface area (TPSA) is 171 Å². The van der Waals surface area contributed by atoms with Crippen LogP contribution in [0.25, 0.3) is 0 Å². The molecule has 2 amide bonds. The van der Waals surface area contributed by atoms with Crippen LogP contribution in [0.5, 0.6) is 11.5 Å². The Hall–Kier alpha value is -3.54. The number of aliphatic imine (C=N–C) groups is 1. The van der Waals surface area contributed by atoms with Gasteiger partial charge in [-0.25, -0.2) is 0 Å². The van der Waals surface area contributed by atoms with Crippen LogP contribution >= 0.6 is 0 Å². The molecule has 12 nitrogen and oxygen atoms in total. The predicted molar refractivity (Wildman–Crippen MR) is 179 cm³/mol. The molecule has 4 atom stereocenters. The van der Waals surface area contributed by atoms with E-state index in [0.29, 0.717) is 50.4 Å². The predicted octanol–water partition coefficient (Wildman–Crippen LogP) is 4.01. The van der Waals surface area contributed by atoms with E-state index in [1.54, 1.807) is 41.9 Å². The first kappa shape index (κ1) is 41.5. The van der Waals surface area contributed by atoms with Crippen LogP contribution in [0.3, 0.4) is 0 Å². The number of benzene rings is 1. The third kappa shape index (κ3) is 15.7. The molecule has 1 unspecified atom stereocenters. The number of carbonyl (C=O) groups excluding carboxylic acids is 3. The quantitative estimate of drug-likeness (QED) is 0.0611. The summed E-state index contributed by atoms with van der Waals surface area (Å²) in [5.41, 5.74) is 5.62. The van der Waals surface area contributed by atoms with Gasteiger partial charge in [0, 0.05) is 32.6 Å². The first-order valence-electron chi connectivity index (χ1n) is 16.5. The maximum atomic E-state index is 13.2. The van der Waals surface area contributed by atoms with Crippen molar-refractivity contribution in [1.82, 2.24) is 5.32 Å². The fourth-order valence-corrected chi connectivity index (χ4v) is 4.84. The molecule has 1 rings (SSSR count). The van der Waals surface area contributed by atoms with Crippen LogP contribution < -0.4 is 25.6 Å². The molecule has 1 aromatic carbocycles. The summed E-state index contributed by atoms with van der Waals surface area (Å²) in [5.74, 6) is -0.556. The van der Waals surface area contributed by atoms with E-state index in [4.69, 9.17) is 29.4 Å². The van der Waals surface area contributed by atoms with Gasteiger partial charge in [-0.2, -0.15) is 0 Å². The molecule has 0 heterocycles. The maximum Gasteiger partial charge on any atom is 0.309 e. The molecule has 0 aromatic heterocycles. The summed E-state index contributed by atoms with van der Waals surface area (Å²) in [6, 6.07) is 5.34. The number of primary amides is 1. The SMILES string of the molecule is COCCCOc1cc(C[C@H](C)CC(CC[C@H](C(=O)NCC(C)(C)C(N)=O)C(C)C)N=C([O-])O[C@H](C)OC(=O)C(C)C)ccc1OC. The fraction of sp³-hybridized carbons (Fsp3) is 0.714. The van der Waals surface area contributed by atoms with E-state index in [9.17, 15) is 19.5 Å². The van der Waals surface area contributed by atoms with Crippen molar-refractivity contribution in [3.05, 3.63) is 23.8 Å². The molecule has 47 heavy (non-hydrogen) atoms. The van der Waals surface area contributed by atoms with Gasteiger partial charge in [-0.05, 0) is 76.0 Å². The molecule has 1 aromatic rings. The number of carbonyl (C=O) groups is 3. The summed E-state index contributed by atoms with van der Waals surface area (Å²) in [4.78, 5) is 41.2. The van der Waals surface area contributed by atoms with E-state index >= 15 is 0 Å². The Labute approximate surface area is 281 Å². The van der Waals surface area contributed by atoms with Gasteiger partial charge in [-0.3, -0.25) is 19.4 Å². The second-order valence-corrected chi connectivity index (χ2v) is 13.4. The van der Waals surface area contributed by atoms with Crippen LogP contribution in [0.2, 0.25) is 0 Å². The first-order valence-corrected chi connectivity index (χ1v) is 16.5. The molecule has 0 spiro atoms. The van der Waals surface area contributed by atoms with Gasteiger partial charge < -0.3 is 39.8 Å². The Bertz CT molecular complexity index is 1150. The van der Waals surface area contributed by atoms with Crippen LogP contribution in [0.1, 0.15) is 86.6 Å². The number of nitrogens with zero attached hydrogens (tertiary/aromatic N) is 1. The lowest BCUT2D eigenvalue weighted by molar-refractivity contribution is -0.268. The highest BCUT2D eigenvalue weighted by molar-refractivity contribution is 5.83. The zero-order valence-corrected chi connectivity index (χ0v) is 30.1. The first-order chi connectivity index (χ1) is 22.0. The van der Waals surface area contributed by atoms with Gasteiger partial charge in [-0.1, -0.05) is 40.7 Å². The van der Waals surface area contributed by atoms with E-state index < -0.39 is 35.7 Å². The van der Waals surface area contributed by atoms with Crippen molar-refractivity contribution >= 4 is 23.9 Å². The maximum absolute atomic E-state index is 13.2. The number of hydrogen-bond donors (Lipinski definition) is 2. The average molecular weight is 665 g/mol. The van der Waals surface area contributed by atoms with Gasteiger partial charge in [0.2, 0.25) is 11.8 Å². The highest BCUT2D eigenvalue weighted by atomic mass is 16.7. The van der Waals surface area contributed by atoms with Crippen molar-refractivity contribution in [1.29, 1.82) is 0 Å². The summed E-state index contributed by atoms with van der Waals surface area (Å²) in [6.07, 6.45) is 0.914. The summed E-state index contributed by atoms with van der Waals surface area (Å²) < 4.78 is 27.0. The van der Waals surface area contributed by atoms with Gasteiger partial charge in [0.15, 0.2) is 17.8 Å². The number of amides is 2. The fourth-order valence-electron chi connectivity index (χ4n) is 4.84. The van der Waals surface area contributed by atoms with E-state index in [1.807, 2.05) is 32.0 Å². The smallest absolute Gasteiger partial charge is 0.309 e. The second-order valence-electron chi connectivity index (χ2n) is 13.4. The highest BCUT2D eigenvalue weighted by Gasteiger charge is 2.29. The molecule has 0 aliphatic rings. The Kier molecular flexibility index (Phi) is 18.2. The number of nitrogens with one attached hydrogen (secondary N) is 1. The lowest BCUT2D eigenvalue weighted by Crippen LogP contribution is -2.44. The number of ether oxygens (including phenoxy) is 5. The van der Waals surface area contributed by atoms with E-state index in [-0.39, 0.29) is 36.1 Å². The van der Waals surface area contributed by atoms with Gasteiger partial charge in [0.1, 0.15) is 6.08 Å². The van der Waals surface area contributed by atoms with Crippen LogP contribution in [-0.4, -0.2) is 70.2 Å². The molecule has 268 valence electrons. The van der Waals surface area contributed by atoms with Gasteiger partial charge in [0.25, 0.3) is 0 Å². The lowest BCUT2D eigenvalue weighted by atomic mass is 9.85. The minimum atomic E-state index is -1.09. The zero-order valence-electron chi connectivity index (χ0n) is 30.1. The number of hydrogen-bond acceptors (Lipinski definition) is 10. The van der Waals surface area contributed by atoms with Crippen LogP contribution in [-0.2, 0) is 35.0 Å². The number of esters is 1. The van der Waals surface area contributed by atoms with Crippen LogP contribution in [0.4, 0.5) is 0 Å². The summed E-state index contributed by atoms with van der Waals surface area (Å²) in [6.45, 7) is 15.4. The Morgan fingerprint density at radius 2 is 1.66 bits per heavy atom. The molecule has 0 fully saturated rings. The standard InChI is InChI=1S/C35H59N3O9/c1-22(2)28(31(39)37-21-35(7,8)33(36)41)14-13-27(38-34(42)47-25(6)46-32(40)23(3)4)19-24(5)18-26-12-15-29(44-10)30(20-26)45-17-11-16-43-9/h12,15,20,22-25,27-28H,11,13-14,16-19,21H2,1-10H3,(H2,36,41)(H,37,39)(H,38,42)/p-1/t24-,25+,27?,28-/m0/s1. The Morgan fingerprint density at radius 3 is 2.23 bits per heavy atom. The molecule has 3 N–H and O–H groups in total. The minimum absolute atomic E-state index is 0.00575. The van der Waals surface area contributed by atoms with Crippen molar-refractivity contribution in [2.75, 3.05) is 34.0 Å². The number of methoxy groups -OCH3 is 2. The van der Waals surface area contributed by atoms with Crippen molar-refractivity contribution in [3.8, 4) is 11.5 Å². The van der Waals surface area contributed by atoms with Gasteiger partial charge >= 0.3 is 5.97 Å². The molecular weight excluding hydrogens is 606 g/mol. The molecular formula is C35H58N3O9-. The highest BCUT2D eigenvalue weighted by Crippen LogP contribution is 2.30. The summed E-state index contributed by atoms with van der Waals surface area (Å²) >= 11 is 0. The van der Waals surface area contributed by atoms with Crippen LogP contribution in [0, 0.1) is 29.1 Å². The van der Waals surface area contributed by atoms with E-state index in [1.165, 1.54) is 6.92 Å². The van der Waals surface area contributed by atoms with Crippen molar-refractivity contribution < 1.29 is 43.2 Å². The Morgan fingerprint density at radius 1 is 0.979 bits per heavy atom. The third-order valence-electron chi connectivity index (χ3n) is 7.87. The normalized spacial score (nSPS) is 14.7. The van der Waals surface area contributed by atoms with Crippen molar-refractivity contribution in [2.45, 2.75) is 99.8 Å². The van der Waals surface area contributed by atoms with Crippen molar-refractivity contribution in [3.63, 3.8) is 0 Å². The molecule has 0 aliphatic carbocycles. The van der Waals surface area contributed by atoms with Crippen LogP contribution in [0.15, 0.2) is 23.2 Å². The number of rotatable bonds is 22. The molecule has 0 saturated carbocycles. The molecule has 0 radical (unpaired) electrons. The van der Waals surface area contributed by atoms with E-state index in [2.05, 4.69) is 17.2 Å². The molecule has 12 heteroatoms. The molecule has 0 bridgehead atoms. The van der Waals surface area contributed by atoms with Gasteiger partial charge in [-0.15, -0.1) is 0 Å². The summed E-state index contributed by atoms with van der Waals surface area (Å²) in [5, 5.41) is 15.7. The van der Waals surface area contributed by atoms with Gasteiger partial charge in [0.05, 0.1) is 31.1 Å². The minimum Gasteiger partial charge on any atom is -0.564 e. The van der Waals surface area contributed by atoms with E-state index in [0.717, 1.165) is 12.0 Å². The summed E-state index contributed by atoms with van der Waals surface area (Å²) in [7, 11) is 3.24. The average Bonchev–Trinajstić information content (AvgIpc) is 2.97. The third-order valence-corrected chi connectivity index (χ3v) is 7.87. The molecule has 0 aliphatic heterocycles. The number of nitrogens with two attached hydrogens (primary N) is 1. The monoisotopic (exact) mass is 664 g/mol. The second kappa shape index (κ2) is 20.6.